The van der Waals surface area contributed by atoms with Crippen LogP contribution in [0.2, 0.25) is 13.1 Å². The van der Waals surface area contributed by atoms with Crippen LogP contribution in [-0.4, -0.2) is 8.07 Å². The molecule has 1 heteroatoms. The predicted octanol–water partition coefficient (Wildman–Crippen LogP) is 5.18. The molecule has 3 aliphatic rings. The summed E-state index contributed by atoms with van der Waals surface area (Å²) >= 11 is 0. The maximum Gasteiger partial charge on any atom is 0.0635 e. The average Bonchev–Trinajstić information content (AvgIpc) is 3.24. The molecule has 0 aromatic heterocycles. The first kappa shape index (κ1) is 16.4. The molecule has 2 fully saturated rings. The van der Waals surface area contributed by atoms with E-state index in [1.165, 1.54) is 34.4 Å². The molecule has 0 amide bonds. The summed E-state index contributed by atoms with van der Waals surface area (Å²) in [5.41, 5.74) is 5.71. The molecule has 0 unspecified atom stereocenters. The minimum atomic E-state index is -1.76. The summed E-state index contributed by atoms with van der Waals surface area (Å²) in [6.07, 6.45) is 20.2. The Bertz CT molecular complexity index is 631. The van der Waals surface area contributed by atoms with E-state index in [1.54, 1.807) is 5.54 Å². The van der Waals surface area contributed by atoms with Gasteiger partial charge in [-0.1, -0.05) is 67.2 Å². The maximum atomic E-state index is 2.47. The molecule has 2 saturated carbocycles. The second-order valence-electron chi connectivity index (χ2n) is 7.18. The number of fused-ring (bicyclic) bond motifs is 1. The summed E-state index contributed by atoms with van der Waals surface area (Å²) in [5.74, 6) is 4.19. The number of rotatable bonds is 3. The molecule has 0 saturated heterocycles. The second kappa shape index (κ2) is 6.33. The maximum absolute atomic E-state index is 2.47. The van der Waals surface area contributed by atoms with Crippen LogP contribution < -0.4 is 0 Å². The molecule has 4 rings (SSSR count). The zero-order chi connectivity index (χ0) is 16.7. The third-order valence-corrected chi connectivity index (χ3v) is 8.74. The Labute approximate surface area is 149 Å². The van der Waals surface area contributed by atoms with Crippen LogP contribution in [0.3, 0.4) is 0 Å². The van der Waals surface area contributed by atoms with Crippen LogP contribution in [0.15, 0.2) is 48.6 Å². The fourth-order valence-electron chi connectivity index (χ4n) is 3.79. The Morgan fingerprint density at radius 1 is 0.792 bits per heavy atom. The minimum absolute atomic E-state index is 1.31. The molecular weight excluding hydrogens is 304 g/mol. The highest BCUT2D eigenvalue weighted by Gasteiger charge is 2.54. The first-order valence-electron chi connectivity index (χ1n) is 8.55. The van der Waals surface area contributed by atoms with Crippen molar-refractivity contribution >= 4 is 8.07 Å². The molecule has 3 aliphatic carbocycles. The number of aryl methyl sites for hydroxylation is 1. The van der Waals surface area contributed by atoms with Crippen molar-refractivity contribution in [2.45, 2.75) is 20.0 Å². The van der Waals surface area contributed by atoms with Gasteiger partial charge in [-0.05, 0) is 55.7 Å². The predicted molar refractivity (Wildman–Crippen MR) is 104 cm³/mol. The van der Waals surface area contributed by atoms with Crippen LogP contribution in [0, 0.1) is 67.9 Å². The van der Waals surface area contributed by atoms with Gasteiger partial charge in [0.1, 0.15) is 0 Å². The molecule has 0 N–H and O–H groups in total. The molecule has 0 aliphatic heterocycles. The van der Waals surface area contributed by atoms with Crippen molar-refractivity contribution < 1.29 is 0 Å². The van der Waals surface area contributed by atoms with E-state index < -0.39 is 8.07 Å². The molecule has 24 heavy (non-hydrogen) atoms. The average molecular weight is 327 g/mol. The van der Waals surface area contributed by atoms with Crippen molar-refractivity contribution in [1.29, 1.82) is 0 Å². The van der Waals surface area contributed by atoms with Gasteiger partial charge in [-0.2, -0.15) is 0 Å². The Balaban J connectivity index is 1.72. The van der Waals surface area contributed by atoms with Gasteiger partial charge in [0, 0.05) is 17.8 Å². The largest absolute Gasteiger partial charge is 0.0762 e. The van der Waals surface area contributed by atoms with E-state index in [0.717, 1.165) is 0 Å². The smallest absolute Gasteiger partial charge is 0.0635 e. The Hall–Kier alpha value is -1.08. The van der Waals surface area contributed by atoms with Gasteiger partial charge in [0.15, 0.2) is 0 Å². The lowest BCUT2D eigenvalue weighted by molar-refractivity contribution is 1.14. The molecule has 1 aromatic rings. The van der Waals surface area contributed by atoms with E-state index in [4.69, 9.17) is 0 Å². The van der Waals surface area contributed by atoms with E-state index in [0.29, 0.717) is 0 Å². The molecular formula is C23H22Si. The number of allylic oxidation sites excluding steroid dienone is 4. The van der Waals surface area contributed by atoms with Gasteiger partial charge in [-0.3, -0.25) is 0 Å². The lowest BCUT2D eigenvalue weighted by Gasteiger charge is -2.40. The van der Waals surface area contributed by atoms with Crippen LogP contribution in [0.1, 0.15) is 11.1 Å². The highest BCUT2D eigenvalue weighted by molar-refractivity contribution is 6.90. The SMILES string of the molecule is Cc1ccc([C]2[CH][C]3C=CC=C[C]3[C]2[Si](C)(C)[C]2[CH][CH][CH][CH]2)cc1. The third-order valence-electron chi connectivity index (χ3n) is 5.17. The second-order valence-corrected chi connectivity index (χ2v) is 11.5. The van der Waals surface area contributed by atoms with Crippen molar-refractivity contribution in [3.05, 3.63) is 121 Å². The van der Waals surface area contributed by atoms with Gasteiger partial charge in [-0.25, -0.2) is 0 Å². The summed E-state index contributed by atoms with van der Waals surface area (Å²) in [7, 11) is -1.76. The van der Waals surface area contributed by atoms with Gasteiger partial charge in [0.05, 0.1) is 8.07 Å². The van der Waals surface area contributed by atoms with Crippen LogP contribution in [0.25, 0.3) is 0 Å². The van der Waals surface area contributed by atoms with Crippen LogP contribution in [-0.2, 0) is 0 Å². The van der Waals surface area contributed by atoms with Crippen molar-refractivity contribution in [3.8, 4) is 0 Å². The van der Waals surface area contributed by atoms with Gasteiger partial charge >= 0.3 is 0 Å². The zero-order valence-electron chi connectivity index (χ0n) is 14.5. The van der Waals surface area contributed by atoms with Crippen LogP contribution in [0.4, 0.5) is 0 Å². The van der Waals surface area contributed by atoms with Gasteiger partial charge in [-0.15, -0.1) is 0 Å². The monoisotopic (exact) mass is 326 g/mol. The van der Waals surface area contributed by atoms with Crippen LogP contribution in [0.5, 0.6) is 0 Å². The van der Waals surface area contributed by atoms with Gasteiger partial charge in [0.2, 0.25) is 0 Å². The Kier molecular flexibility index (Phi) is 4.32. The van der Waals surface area contributed by atoms with E-state index in [1.807, 2.05) is 0 Å². The molecule has 118 valence electrons. The summed E-state index contributed by atoms with van der Waals surface area (Å²) in [6.45, 7) is 7.10. The lowest BCUT2D eigenvalue weighted by Crippen LogP contribution is -2.45. The molecule has 10 radical (unpaired) electrons. The van der Waals surface area contributed by atoms with Crippen molar-refractivity contribution in [1.82, 2.24) is 0 Å². The number of hydrogen-bond acceptors (Lipinski definition) is 0. The molecule has 0 spiro atoms. The molecule has 0 atom stereocenters. The highest BCUT2D eigenvalue weighted by Crippen LogP contribution is 2.58. The van der Waals surface area contributed by atoms with Crippen molar-refractivity contribution in [2.75, 3.05) is 0 Å². The first-order chi connectivity index (χ1) is 11.6. The van der Waals surface area contributed by atoms with E-state index in [9.17, 15) is 0 Å². The Morgan fingerprint density at radius 2 is 1.46 bits per heavy atom. The standard InChI is InChI=1S/C23H22Si/c1-17-12-14-18(15-13-17)22-16-19-8-4-7-11-21(19)23(22)24(2,3)20-9-5-6-10-20/h4-16H,1-3H3. The van der Waals surface area contributed by atoms with E-state index in [-0.39, 0.29) is 0 Å². The molecule has 1 aromatic carbocycles. The van der Waals surface area contributed by atoms with Crippen molar-refractivity contribution in [3.63, 3.8) is 0 Å². The fourth-order valence-corrected chi connectivity index (χ4v) is 6.90. The number of hydrogen-bond donors (Lipinski definition) is 0. The third kappa shape index (κ3) is 2.75. The highest BCUT2D eigenvalue weighted by atomic mass is 28.3. The molecule has 0 heterocycles. The van der Waals surface area contributed by atoms with Gasteiger partial charge < -0.3 is 0 Å². The lowest BCUT2D eigenvalue weighted by atomic mass is 9.92. The zero-order valence-corrected chi connectivity index (χ0v) is 15.5. The van der Waals surface area contributed by atoms with Crippen LogP contribution >= 0.6 is 0 Å². The van der Waals surface area contributed by atoms with Gasteiger partial charge in [0.25, 0.3) is 0 Å². The minimum Gasteiger partial charge on any atom is -0.0762 e. The summed E-state index contributed by atoms with van der Waals surface area (Å²) in [5, 5.41) is 0. The first-order valence-corrected chi connectivity index (χ1v) is 11.6. The molecule has 0 nitrogen and oxygen atoms in total. The normalized spacial score (nSPS) is 24.1. The Morgan fingerprint density at radius 3 is 2.17 bits per heavy atom. The van der Waals surface area contributed by atoms with E-state index >= 15 is 0 Å². The summed E-state index contributed by atoms with van der Waals surface area (Å²) < 4.78 is 0. The quantitative estimate of drug-likeness (QED) is 0.672. The number of benzene rings is 1. The van der Waals surface area contributed by atoms with E-state index in [2.05, 4.69) is 101 Å². The molecule has 0 bridgehead atoms. The summed E-state index contributed by atoms with van der Waals surface area (Å²) in [6, 6.07) is 8.97. The summed E-state index contributed by atoms with van der Waals surface area (Å²) in [4.78, 5) is 0. The fraction of sp³-hybridized carbons (Fsp3) is 0.130. The topological polar surface area (TPSA) is 0 Å². The van der Waals surface area contributed by atoms with Crippen molar-refractivity contribution in [2.24, 2.45) is 0 Å².